The van der Waals surface area contributed by atoms with Crippen molar-refractivity contribution in [3.63, 3.8) is 0 Å². The summed E-state index contributed by atoms with van der Waals surface area (Å²) < 4.78 is 0. The Labute approximate surface area is 102 Å². The SMILES string of the molecule is O=C1Cc2ccccc2N1CCC1CCNC1. The first-order valence-corrected chi connectivity index (χ1v) is 6.43. The number of amides is 1. The summed E-state index contributed by atoms with van der Waals surface area (Å²) in [4.78, 5) is 13.9. The molecule has 2 aliphatic heterocycles. The Bertz CT molecular complexity index is 424. The van der Waals surface area contributed by atoms with E-state index >= 15 is 0 Å². The molecular formula is C14H18N2O. The Kier molecular flexibility index (Phi) is 2.85. The molecule has 0 spiro atoms. The minimum Gasteiger partial charge on any atom is -0.316 e. The zero-order chi connectivity index (χ0) is 11.7. The molecule has 1 aromatic carbocycles. The third kappa shape index (κ3) is 2.07. The van der Waals surface area contributed by atoms with Crippen LogP contribution in [0.25, 0.3) is 0 Å². The lowest BCUT2D eigenvalue weighted by atomic mass is 10.0. The second kappa shape index (κ2) is 4.49. The standard InChI is InChI=1S/C14H18N2O/c17-14-9-12-3-1-2-4-13(12)16(14)8-6-11-5-7-15-10-11/h1-4,11,15H,5-10H2. The lowest BCUT2D eigenvalue weighted by Crippen LogP contribution is -2.29. The lowest BCUT2D eigenvalue weighted by Gasteiger charge is -2.19. The first kappa shape index (κ1) is 10.8. The minimum atomic E-state index is 0.261. The van der Waals surface area contributed by atoms with Crippen LogP contribution in [0.5, 0.6) is 0 Å². The number of nitrogens with one attached hydrogen (secondary N) is 1. The van der Waals surface area contributed by atoms with Crippen LogP contribution in [0, 0.1) is 5.92 Å². The maximum absolute atomic E-state index is 11.9. The Morgan fingerprint density at radius 3 is 3.06 bits per heavy atom. The van der Waals surface area contributed by atoms with Crippen LogP contribution in [0.1, 0.15) is 18.4 Å². The first-order chi connectivity index (χ1) is 8.34. The molecule has 1 saturated heterocycles. The largest absolute Gasteiger partial charge is 0.316 e. The number of anilines is 1. The average Bonchev–Trinajstić information content (AvgIpc) is 2.93. The van der Waals surface area contributed by atoms with E-state index in [4.69, 9.17) is 0 Å². The van der Waals surface area contributed by atoms with Crippen LogP contribution in [-0.4, -0.2) is 25.5 Å². The highest BCUT2D eigenvalue weighted by molar-refractivity contribution is 6.01. The van der Waals surface area contributed by atoms with Gasteiger partial charge in [0.2, 0.25) is 5.91 Å². The highest BCUT2D eigenvalue weighted by atomic mass is 16.2. The van der Waals surface area contributed by atoms with Crippen molar-refractivity contribution in [2.24, 2.45) is 5.92 Å². The Balaban J connectivity index is 1.68. The van der Waals surface area contributed by atoms with Gasteiger partial charge in [0.1, 0.15) is 0 Å². The predicted molar refractivity (Wildman–Crippen MR) is 68.1 cm³/mol. The molecule has 0 saturated carbocycles. The van der Waals surface area contributed by atoms with Crippen molar-refractivity contribution in [1.82, 2.24) is 5.32 Å². The van der Waals surface area contributed by atoms with Crippen LogP contribution >= 0.6 is 0 Å². The van der Waals surface area contributed by atoms with Crippen LogP contribution in [0.3, 0.4) is 0 Å². The van der Waals surface area contributed by atoms with Gasteiger partial charge >= 0.3 is 0 Å². The molecule has 0 bridgehead atoms. The fourth-order valence-corrected chi connectivity index (χ4v) is 2.83. The third-order valence-corrected chi connectivity index (χ3v) is 3.85. The van der Waals surface area contributed by atoms with Gasteiger partial charge in [-0.1, -0.05) is 18.2 Å². The minimum absolute atomic E-state index is 0.261. The van der Waals surface area contributed by atoms with E-state index in [1.165, 1.54) is 12.0 Å². The zero-order valence-electron chi connectivity index (χ0n) is 9.98. The van der Waals surface area contributed by atoms with Gasteiger partial charge in [-0.25, -0.2) is 0 Å². The van der Waals surface area contributed by atoms with Crippen LogP contribution in [0.4, 0.5) is 5.69 Å². The molecule has 0 radical (unpaired) electrons. The molecule has 17 heavy (non-hydrogen) atoms. The normalized spacial score (nSPS) is 23.2. The molecule has 1 unspecified atom stereocenters. The zero-order valence-corrected chi connectivity index (χ0v) is 9.98. The molecule has 2 heterocycles. The summed E-state index contributed by atoms with van der Waals surface area (Å²) >= 11 is 0. The number of carbonyl (C=O) groups is 1. The monoisotopic (exact) mass is 230 g/mol. The molecule has 1 atom stereocenters. The van der Waals surface area contributed by atoms with Gasteiger partial charge in [-0.2, -0.15) is 0 Å². The molecule has 1 aromatic rings. The van der Waals surface area contributed by atoms with Crippen molar-refractivity contribution < 1.29 is 4.79 Å². The van der Waals surface area contributed by atoms with Gasteiger partial charge in [0, 0.05) is 12.2 Å². The molecule has 3 nitrogen and oxygen atoms in total. The molecule has 2 aliphatic rings. The number of hydrogen-bond acceptors (Lipinski definition) is 2. The second-order valence-electron chi connectivity index (χ2n) is 5.00. The summed E-state index contributed by atoms with van der Waals surface area (Å²) in [5.74, 6) is 1.01. The van der Waals surface area contributed by atoms with Gasteiger partial charge in [-0.3, -0.25) is 4.79 Å². The molecule has 0 aromatic heterocycles. The summed E-state index contributed by atoms with van der Waals surface area (Å²) in [7, 11) is 0. The van der Waals surface area contributed by atoms with Gasteiger partial charge in [-0.15, -0.1) is 0 Å². The van der Waals surface area contributed by atoms with Crippen molar-refractivity contribution in [2.75, 3.05) is 24.5 Å². The fourth-order valence-electron chi connectivity index (χ4n) is 2.83. The lowest BCUT2D eigenvalue weighted by molar-refractivity contribution is -0.117. The Morgan fingerprint density at radius 1 is 1.35 bits per heavy atom. The van der Waals surface area contributed by atoms with E-state index in [-0.39, 0.29) is 5.91 Å². The summed E-state index contributed by atoms with van der Waals surface area (Å²) in [6.45, 7) is 3.13. The van der Waals surface area contributed by atoms with E-state index in [0.717, 1.165) is 37.7 Å². The van der Waals surface area contributed by atoms with E-state index < -0.39 is 0 Å². The van der Waals surface area contributed by atoms with E-state index in [9.17, 15) is 4.79 Å². The number of rotatable bonds is 3. The number of fused-ring (bicyclic) bond motifs is 1. The van der Waals surface area contributed by atoms with E-state index in [0.29, 0.717) is 6.42 Å². The van der Waals surface area contributed by atoms with E-state index in [1.807, 2.05) is 17.0 Å². The smallest absolute Gasteiger partial charge is 0.231 e. The van der Waals surface area contributed by atoms with Crippen molar-refractivity contribution in [3.8, 4) is 0 Å². The summed E-state index contributed by atoms with van der Waals surface area (Å²) in [5, 5.41) is 3.37. The number of carbonyl (C=O) groups excluding carboxylic acids is 1. The quantitative estimate of drug-likeness (QED) is 0.855. The Morgan fingerprint density at radius 2 is 2.24 bits per heavy atom. The third-order valence-electron chi connectivity index (χ3n) is 3.85. The molecule has 90 valence electrons. The predicted octanol–water partition coefficient (Wildman–Crippen LogP) is 1.58. The molecular weight excluding hydrogens is 212 g/mol. The van der Waals surface area contributed by atoms with Crippen LogP contribution in [0.2, 0.25) is 0 Å². The van der Waals surface area contributed by atoms with E-state index in [2.05, 4.69) is 17.4 Å². The summed E-state index contributed by atoms with van der Waals surface area (Å²) in [5.41, 5.74) is 2.31. The molecule has 1 N–H and O–H groups in total. The summed E-state index contributed by atoms with van der Waals surface area (Å²) in [6.07, 6.45) is 2.95. The first-order valence-electron chi connectivity index (χ1n) is 6.43. The number of para-hydroxylation sites is 1. The number of benzene rings is 1. The topological polar surface area (TPSA) is 32.3 Å². The van der Waals surface area contributed by atoms with Gasteiger partial charge in [0.15, 0.2) is 0 Å². The van der Waals surface area contributed by atoms with Crippen molar-refractivity contribution in [2.45, 2.75) is 19.3 Å². The highest BCUT2D eigenvalue weighted by Crippen LogP contribution is 2.29. The highest BCUT2D eigenvalue weighted by Gasteiger charge is 2.27. The molecule has 3 heteroatoms. The molecule has 3 rings (SSSR count). The fraction of sp³-hybridized carbons (Fsp3) is 0.500. The van der Waals surface area contributed by atoms with Gasteiger partial charge < -0.3 is 10.2 Å². The van der Waals surface area contributed by atoms with Crippen LogP contribution in [0.15, 0.2) is 24.3 Å². The maximum Gasteiger partial charge on any atom is 0.231 e. The van der Waals surface area contributed by atoms with Crippen LogP contribution in [-0.2, 0) is 11.2 Å². The second-order valence-corrected chi connectivity index (χ2v) is 5.00. The maximum atomic E-state index is 11.9. The van der Waals surface area contributed by atoms with Gasteiger partial charge in [0.05, 0.1) is 6.42 Å². The number of hydrogen-bond donors (Lipinski definition) is 1. The van der Waals surface area contributed by atoms with Gasteiger partial charge in [-0.05, 0) is 43.5 Å². The van der Waals surface area contributed by atoms with Gasteiger partial charge in [0.25, 0.3) is 0 Å². The Hall–Kier alpha value is -1.35. The van der Waals surface area contributed by atoms with Crippen molar-refractivity contribution >= 4 is 11.6 Å². The molecule has 1 fully saturated rings. The molecule has 0 aliphatic carbocycles. The molecule has 1 amide bonds. The summed E-state index contributed by atoms with van der Waals surface area (Å²) in [6, 6.07) is 8.15. The van der Waals surface area contributed by atoms with Crippen LogP contribution < -0.4 is 10.2 Å². The number of nitrogens with zero attached hydrogens (tertiary/aromatic N) is 1. The van der Waals surface area contributed by atoms with E-state index in [1.54, 1.807) is 0 Å². The van der Waals surface area contributed by atoms with Crippen molar-refractivity contribution in [3.05, 3.63) is 29.8 Å². The van der Waals surface area contributed by atoms with Crippen molar-refractivity contribution in [1.29, 1.82) is 0 Å². The average molecular weight is 230 g/mol.